The van der Waals surface area contributed by atoms with Crippen molar-refractivity contribution in [1.29, 1.82) is 0 Å². The Morgan fingerprint density at radius 3 is 2.53 bits per heavy atom. The third-order valence-corrected chi connectivity index (χ3v) is 3.87. The van der Waals surface area contributed by atoms with Gasteiger partial charge in [0.2, 0.25) is 0 Å². The molecule has 0 radical (unpaired) electrons. The van der Waals surface area contributed by atoms with Crippen molar-refractivity contribution in [2.45, 2.75) is 33.7 Å². The van der Waals surface area contributed by atoms with Gasteiger partial charge in [0.05, 0.1) is 17.2 Å². The molecule has 1 N–H and O–H groups in total. The number of rotatable bonds is 4. The second-order valence-corrected chi connectivity index (χ2v) is 5.15. The van der Waals surface area contributed by atoms with Crippen molar-refractivity contribution in [3.05, 3.63) is 45.4 Å². The Morgan fingerprint density at radius 2 is 1.94 bits per heavy atom. The molecule has 0 saturated carbocycles. The average molecular weight is 246 g/mol. The van der Waals surface area contributed by atoms with E-state index >= 15 is 0 Å². The van der Waals surface area contributed by atoms with E-state index in [0.717, 1.165) is 18.7 Å². The summed E-state index contributed by atoms with van der Waals surface area (Å²) in [5.74, 6) is 0. The van der Waals surface area contributed by atoms with Crippen molar-refractivity contribution in [3.8, 4) is 0 Å². The summed E-state index contributed by atoms with van der Waals surface area (Å²) in [6.07, 6.45) is 1.02. The summed E-state index contributed by atoms with van der Waals surface area (Å²) in [5.41, 5.74) is 4.94. The molecule has 0 spiro atoms. The summed E-state index contributed by atoms with van der Waals surface area (Å²) < 4.78 is 0. The zero-order chi connectivity index (χ0) is 12.3. The molecule has 90 valence electrons. The number of thiazole rings is 1. The number of para-hydroxylation sites is 1. The number of hydrogen-bond donors (Lipinski definition) is 1. The van der Waals surface area contributed by atoms with Gasteiger partial charge in [0.25, 0.3) is 0 Å². The van der Waals surface area contributed by atoms with E-state index in [4.69, 9.17) is 0 Å². The van der Waals surface area contributed by atoms with Crippen LogP contribution in [0.4, 0.5) is 5.69 Å². The first-order chi connectivity index (χ1) is 8.20. The second kappa shape index (κ2) is 5.32. The Hall–Kier alpha value is -1.35. The Labute approximate surface area is 107 Å². The quantitative estimate of drug-likeness (QED) is 0.884. The predicted octanol–water partition coefficient (Wildman–Crippen LogP) is 3.93. The van der Waals surface area contributed by atoms with Crippen LogP contribution in [0, 0.1) is 13.8 Å². The first-order valence-electron chi connectivity index (χ1n) is 5.94. The zero-order valence-corrected chi connectivity index (χ0v) is 11.4. The minimum atomic E-state index is 0.808. The summed E-state index contributed by atoms with van der Waals surface area (Å²) in [5, 5.41) is 6.83. The largest absolute Gasteiger partial charge is 0.379 e. The topological polar surface area (TPSA) is 24.9 Å². The van der Waals surface area contributed by atoms with Crippen LogP contribution < -0.4 is 5.32 Å². The maximum Gasteiger partial charge on any atom is 0.0926 e. The first-order valence-corrected chi connectivity index (χ1v) is 6.82. The SMILES string of the molecule is CCc1nc(CNc2c(C)cccc2C)cs1. The van der Waals surface area contributed by atoms with Crippen molar-refractivity contribution >= 4 is 17.0 Å². The van der Waals surface area contributed by atoms with Crippen LogP contribution in [0.1, 0.15) is 28.8 Å². The molecule has 17 heavy (non-hydrogen) atoms. The van der Waals surface area contributed by atoms with Gasteiger partial charge in [0.1, 0.15) is 0 Å². The van der Waals surface area contributed by atoms with Gasteiger partial charge in [-0.2, -0.15) is 0 Å². The fourth-order valence-electron chi connectivity index (χ4n) is 1.86. The third kappa shape index (κ3) is 2.86. The molecule has 0 saturated heterocycles. The van der Waals surface area contributed by atoms with Gasteiger partial charge >= 0.3 is 0 Å². The maximum absolute atomic E-state index is 4.56. The van der Waals surface area contributed by atoms with E-state index in [9.17, 15) is 0 Å². The molecule has 0 unspecified atom stereocenters. The minimum absolute atomic E-state index is 0.808. The predicted molar refractivity (Wildman–Crippen MR) is 74.7 cm³/mol. The molecule has 0 aliphatic carbocycles. The van der Waals surface area contributed by atoms with Gasteiger partial charge in [-0.1, -0.05) is 25.1 Å². The average Bonchev–Trinajstić information content (AvgIpc) is 2.76. The lowest BCUT2D eigenvalue weighted by molar-refractivity contribution is 1.01. The number of hydrogen-bond acceptors (Lipinski definition) is 3. The summed E-state index contributed by atoms with van der Waals surface area (Å²) in [6, 6.07) is 6.36. The van der Waals surface area contributed by atoms with Crippen molar-refractivity contribution in [2.75, 3.05) is 5.32 Å². The van der Waals surface area contributed by atoms with Gasteiger partial charge in [-0.05, 0) is 31.4 Å². The summed E-state index contributed by atoms with van der Waals surface area (Å²) in [6.45, 7) is 7.21. The van der Waals surface area contributed by atoms with E-state index in [1.54, 1.807) is 11.3 Å². The lowest BCUT2D eigenvalue weighted by Crippen LogP contribution is -2.03. The lowest BCUT2D eigenvalue weighted by atomic mass is 10.1. The molecule has 0 atom stereocenters. The molecule has 0 amide bonds. The van der Waals surface area contributed by atoms with E-state index in [-0.39, 0.29) is 0 Å². The van der Waals surface area contributed by atoms with Crippen LogP contribution in [0.25, 0.3) is 0 Å². The highest BCUT2D eigenvalue weighted by atomic mass is 32.1. The van der Waals surface area contributed by atoms with Gasteiger partial charge in [-0.25, -0.2) is 4.98 Å². The number of nitrogens with zero attached hydrogens (tertiary/aromatic N) is 1. The Bertz CT molecular complexity index is 482. The zero-order valence-electron chi connectivity index (χ0n) is 10.6. The lowest BCUT2D eigenvalue weighted by Gasteiger charge is -2.11. The van der Waals surface area contributed by atoms with Crippen molar-refractivity contribution in [1.82, 2.24) is 4.98 Å². The van der Waals surface area contributed by atoms with E-state index < -0.39 is 0 Å². The van der Waals surface area contributed by atoms with Gasteiger partial charge in [-0.3, -0.25) is 0 Å². The molecule has 2 nitrogen and oxygen atoms in total. The van der Waals surface area contributed by atoms with E-state index in [1.165, 1.54) is 21.8 Å². The van der Waals surface area contributed by atoms with Crippen LogP contribution in [0.5, 0.6) is 0 Å². The fraction of sp³-hybridized carbons (Fsp3) is 0.357. The monoisotopic (exact) mass is 246 g/mol. The van der Waals surface area contributed by atoms with E-state index in [2.05, 4.69) is 54.7 Å². The molecule has 0 bridgehead atoms. The van der Waals surface area contributed by atoms with Gasteiger partial charge in [0, 0.05) is 11.1 Å². The van der Waals surface area contributed by atoms with Crippen LogP contribution in [0.2, 0.25) is 0 Å². The number of anilines is 1. The van der Waals surface area contributed by atoms with Crippen molar-refractivity contribution in [2.24, 2.45) is 0 Å². The third-order valence-electron chi connectivity index (χ3n) is 2.83. The molecule has 1 aromatic carbocycles. The Morgan fingerprint density at radius 1 is 1.24 bits per heavy atom. The van der Waals surface area contributed by atoms with E-state index in [0.29, 0.717) is 0 Å². The maximum atomic E-state index is 4.56. The van der Waals surface area contributed by atoms with Crippen LogP contribution in [-0.2, 0) is 13.0 Å². The normalized spacial score (nSPS) is 10.5. The Balaban J connectivity index is 2.07. The fourth-order valence-corrected chi connectivity index (χ4v) is 2.61. The van der Waals surface area contributed by atoms with Crippen LogP contribution in [-0.4, -0.2) is 4.98 Å². The molecular formula is C14H18N2S. The van der Waals surface area contributed by atoms with Gasteiger partial charge < -0.3 is 5.32 Å². The van der Waals surface area contributed by atoms with Gasteiger partial charge in [-0.15, -0.1) is 11.3 Å². The standard InChI is InChI=1S/C14H18N2S/c1-4-13-16-12(9-17-13)8-15-14-10(2)6-5-7-11(14)3/h5-7,9,15H,4,8H2,1-3H3. The Kier molecular flexibility index (Phi) is 3.79. The summed E-state index contributed by atoms with van der Waals surface area (Å²) >= 11 is 1.74. The molecule has 0 aliphatic rings. The van der Waals surface area contributed by atoms with Crippen LogP contribution in [0.3, 0.4) is 0 Å². The molecule has 2 aromatic rings. The highest BCUT2D eigenvalue weighted by Crippen LogP contribution is 2.20. The molecule has 1 heterocycles. The second-order valence-electron chi connectivity index (χ2n) is 4.21. The molecule has 1 aromatic heterocycles. The molecular weight excluding hydrogens is 228 g/mol. The number of benzene rings is 1. The van der Waals surface area contributed by atoms with Gasteiger partial charge in [0.15, 0.2) is 0 Å². The molecule has 0 fully saturated rings. The van der Waals surface area contributed by atoms with Crippen LogP contribution >= 0.6 is 11.3 Å². The molecule has 0 aliphatic heterocycles. The minimum Gasteiger partial charge on any atom is -0.379 e. The van der Waals surface area contributed by atoms with Crippen molar-refractivity contribution in [3.63, 3.8) is 0 Å². The highest BCUT2D eigenvalue weighted by molar-refractivity contribution is 7.09. The molecule has 3 heteroatoms. The summed E-state index contributed by atoms with van der Waals surface area (Å²) in [7, 11) is 0. The molecule has 2 rings (SSSR count). The smallest absolute Gasteiger partial charge is 0.0926 e. The van der Waals surface area contributed by atoms with E-state index in [1.807, 2.05) is 0 Å². The van der Waals surface area contributed by atoms with Crippen molar-refractivity contribution < 1.29 is 0 Å². The van der Waals surface area contributed by atoms with Crippen LogP contribution in [0.15, 0.2) is 23.6 Å². The number of aromatic nitrogens is 1. The summed E-state index contributed by atoms with van der Waals surface area (Å²) in [4.78, 5) is 4.56. The number of aryl methyl sites for hydroxylation is 3. The first kappa shape index (κ1) is 12.1. The highest BCUT2D eigenvalue weighted by Gasteiger charge is 2.03. The number of nitrogens with one attached hydrogen (secondary N) is 1.